The quantitative estimate of drug-likeness (QED) is 0.489. The Morgan fingerprint density at radius 1 is 1.58 bits per heavy atom. The molecule has 0 N–H and O–H groups in total. The Balaban J connectivity index is 2.48. The molecule has 0 atom stereocenters. The van der Waals surface area contributed by atoms with E-state index >= 15 is 0 Å². The molecule has 4 nitrogen and oxygen atoms in total. The summed E-state index contributed by atoms with van der Waals surface area (Å²) in [7, 11) is 3.75. The van der Waals surface area contributed by atoms with Gasteiger partial charge >= 0.3 is 6.03 Å². The summed E-state index contributed by atoms with van der Waals surface area (Å²) in [5.41, 5.74) is 1.10. The van der Waals surface area contributed by atoms with E-state index in [4.69, 9.17) is 0 Å². The van der Waals surface area contributed by atoms with Crippen LogP contribution in [-0.4, -0.2) is 29.1 Å². The lowest BCUT2D eigenvalue weighted by Crippen LogP contribution is -2.38. The third-order valence-corrected chi connectivity index (χ3v) is 2.20. The molecular formula is C8H12N3O+. The maximum Gasteiger partial charge on any atom is 0.415 e. The molecule has 2 heterocycles. The van der Waals surface area contributed by atoms with Crippen molar-refractivity contribution in [2.45, 2.75) is 6.42 Å². The second kappa shape index (κ2) is 2.33. The normalized spacial score (nSPS) is 16.5. The zero-order valence-corrected chi connectivity index (χ0v) is 7.32. The second-order valence-corrected chi connectivity index (χ2v) is 3.23. The van der Waals surface area contributed by atoms with Gasteiger partial charge < -0.3 is 4.90 Å². The molecule has 1 amide bonds. The van der Waals surface area contributed by atoms with Gasteiger partial charge in [0, 0.05) is 20.0 Å². The molecule has 0 spiro atoms. The number of hydrogen-bond acceptors (Lipinski definition) is 1. The van der Waals surface area contributed by atoms with Crippen LogP contribution in [0.3, 0.4) is 0 Å². The van der Waals surface area contributed by atoms with Crippen molar-refractivity contribution in [3.63, 3.8) is 0 Å². The van der Waals surface area contributed by atoms with Crippen LogP contribution in [0.2, 0.25) is 0 Å². The molecule has 0 saturated carbocycles. The molecule has 1 aliphatic heterocycles. The summed E-state index contributed by atoms with van der Waals surface area (Å²) in [5, 5.41) is 0. The van der Waals surface area contributed by atoms with Gasteiger partial charge in [0.15, 0.2) is 5.69 Å². The Morgan fingerprint density at radius 2 is 2.33 bits per heavy atom. The van der Waals surface area contributed by atoms with Gasteiger partial charge in [0.25, 0.3) is 6.33 Å². The summed E-state index contributed by atoms with van der Waals surface area (Å²) in [5.74, 6) is 0. The van der Waals surface area contributed by atoms with Crippen LogP contribution in [0.5, 0.6) is 0 Å². The summed E-state index contributed by atoms with van der Waals surface area (Å²) in [6, 6.07) is 0.0665. The molecule has 12 heavy (non-hydrogen) atoms. The van der Waals surface area contributed by atoms with E-state index in [1.807, 2.05) is 31.2 Å². The van der Waals surface area contributed by atoms with E-state index in [1.54, 1.807) is 9.47 Å². The van der Waals surface area contributed by atoms with Crippen molar-refractivity contribution in [3.05, 3.63) is 18.2 Å². The van der Waals surface area contributed by atoms with Crippen LogP contribution in [0, 0.1) is 0 Å². The van der Waals surface area contributed by atoms with E-state index < -0.39 is 0 Å². The lowest BCUT2D eigenvalue weighted by Gasteiger charge is -2.18. The van der Waals surface area contributed by atoms with Crippen LogP contribution in [0.15, 0.2) is 12.5 Å². The smallest absolute Gasteiger partial charge is 0.307 e. The van der Waals surface area contributed by atoms with Crippen molar-refractivity contribution in [2.75, 3.05) is 13.6 Å². The first-order valence-electron chi connectivity index (χ1n) is 4.00. The molecule has 64 valence electrons. The molecule has 2 rings (SSSR count). The molecule has 1 aliphatic rings. The Morgan fingerprint density at radius 3 is 3.08 bits per heavy atom. The van der Waals surface area contributed by atoms with Crippen LogP contribution >= 0.6 is 0 Å². The predicted octanol–water partition coefficient (Wildman–Crippen LogP) is -0.231. The zero-order chi connectivity index (χ0) is 8.72. The number of imidazole rings is 1. The van der Waals surface area contributed by atoms with E-state index in [2.05, 4.69) is 0 Å². The Labute approximate surface area is 71.0 Å². The molecule has 1 aromatic heterocycles. The molecule has 0 unspecified atom stereocenters. The van der Waals surface area contributed by atoms with Crippen molar-refractivity contribution in [1.29, 1.82) is 0 Å². The number of carbonyl (C=O) groups excluding carboxylic acids is 1. The number of nitrogens with zero attached hydrogens (tertiary/aromatic N) is 3. The number of likely N-dealkylation sites (N-methyl/N-ethyl adjacent to an activating group) is 1. The molecule has 0 aromatic carbocycles. The van der Waals surface area contributed by atoms with Gasteiger partial charge in [-0.15, -0.1) is 4.57 Å². The number of amides is 1. The topological polar surface area (TPSA) is 29.1 Å². The van der Waals surface area contributed by atoms with E-state index in [1.165, 1.54) is 0 Å². The van der Waals surface area contributed by atoms with Gasteiger partial charge in [0.1, 0.15) is 6.20 Å². The molecule has 0 fully saturated rings. The van der Waals surface area contributed by atoms with Gasteiger partial charge in [-0.1, -0.05) is 0 Å². The Bertz CT molecular complexity index is 329. The molecule has 0 aliphatic carbocycles. The largest absolute Gasteiger partial charge is 0.415 e. The molecule has 0 saturated heterocycles. The van der Waals surface area contributed by atoms with Crippen molar-refractivity contribution in [3.8, 4) is 0 Å². The first-order valence-corrected chi connectivity index (χ1v) is 4.00. The van der Waals surface area contributed by atoms with Crippen LogP contribution < -0.4 is 4.57 Å². The number of fused-ring (bicyclic) bond motifs is 1. The summed E-state index contributed by atoms with van der Waals surface area (Å²) in [4.78, 5) is 13.2. The van der Waals surface area contributed by atoms with Gasteiger partial charge in [-0.25, -0.2) is 9.36 Å². The second-order valence-electron chi connectivity index (χ2n) is 3.23. The first kappa shape index (κ1) is 7.34. The lowest BCUT2D eigenvalue weighted by atomic mass is 10.3. The molecule has 1 aromatic rings. The van der Waals surface area contributed by atoms with Crippen LogP contribution in [0.1, 0.15) is 5.69 Å². The molecular weight excluding hydrogens is 154 g/mol. The van der Waals surface area contributed by atoms with Gasteiger partial charge in [-0.3, -0.25) is 0 Å². The number of carbonyl (C=O) groups is 1. The number of aromatic nitrogens is 2. The third-order valence-electron chi connectivity index (χ3n) is 2.20. The number of aryl methyl sites for hydroxylation is 1. The standard InChI is InChI=1S/C8H12N3O/c1-9-5-7-3-4-10(2)8(12)11(7)6-9/h5-6H,3-4H2,1-2H3/q+1. The summed E-state index contributed by atoms with van der Waals surface area (Å²) in [6.45, 7) is 0.822. The van der Waals surface area contributed by atoms with Gasteiger partial charge in [-0.2, -0.15) is 0 Å². The maximum atomic E-state index is 11.5. The van der Waals surface area contributed by atoms with Crippen LogP contribution in [0.25, 0.3) is 0 Å². The third kappa shape index (κ3) is 0.913. The number of hydrogen-bond donors (Lipinski definition) is 0. The SMILES string of the molecule is CN1CCc2c[n+](C)cn2C1=O. The molecule has 4 heteroatoms. The van der Waals surface area contributed by atoms with E-state index in [9.17, 15) is 4.79 Å². The Kier molecular flexibility index (Phi) is 1.43. The van der Waals surface area contributed by atoms with Crippen molar-refractivity contribution in [2.24, 2.45) is 7.05 Å². The minimum atomic E-state index is 0.0665. The highest BCUT2D eigenvalue weighted by molar-refractivity contribution is 5.77. The average Bonchev–Trinajstić information content (AvgIpc) is 2.39. The van der Waals surface area contributed by atoms with Gasteiger partial charge in [0.05, 0.1) is 7.05 Å². The first-order chi connectivity index (χ1) is 5.68. The van der Waals surface area contributed by atoms with Crippen molar-refractivity contribution >= 4 is 6.03 Å². The maximum absolute atomic E-state index is 11.5. The van der Waals surface area contributed by atoms with E-state index in [-0.39, 0.29) is 6.03 Å². The van der Waals surface area contributed by atoms with Crippen LogP contribution in [-0.2, 0) is 13.5 Å². The number of rotatable bonds is 0. The highest BCUT2D eigenvalue weighted by Crippen LogP contribution is 2.08. The van der Waals surface area contributed by atoms with E-state index in [0.717, 1.165) is 18.7 Å². The monoisotopic (exact) mass is 166 g/mol. The fourth-order valence-corrected chi connectivity index (χ4v) is 1.51. The van der Waals surface area contributed by atoms with Crippen molar-refractivity contribution in [1.82, 2.24) is 9.47 Å². The summed E-state index contributed by atoms with van der Waals surface area (Å²) in [6.07, 6.45) is 4.75. The summed E-state index contributed by atoms with van der Waals surface area (Å²) < 4.78 is 3.61. The van der Waals surface area contributed by atoms with Gasteiger partial charge in [-0.05, 0) is 0 Å². The fraction of sp³-hybridized carbons (Fsp3) is 0.500. The van der Waals surface area contributed by atoms with Gasteiger partial charge in [0.2, 0.25) is 0 Å². The van der Waals surface area contributed by atoms with Crippen LogP contribution in [0.4, 0.5) is 4.79 Å². The predicted molar refractivity (Wildman–Crippen MR) is 42.7 cm³/mol. The molecule has 0 radical (unpaired) electrons. The minimum Gasteiger partial charge on any atom is -0.307 e. The highest BCUT2D eigenvalue weighted by atomic mass is 16.2. The highest BCUT2D eigenvalue weighted by Gasteiger charge is 2.27. The zero-order valence-electron chi connectivity index (χ0n) is 7.32. The Hall–Kier alpha value is -1.32. The fourth-order valence-electron chi connectivity index (χ4n) is 1.51. The minimum absolute atomic E-state index is 0.0665. The summed E-state index contributed by atoms with van der Waals surface area (Å²) >= 11 is 0. The van der Waals surface area contributed by atoms with E-state index in [0.29, 0.717) is 0 Å². The lowest BCUT2D eigenvalue weighted by molar-refractivity contribution is -0.670. The van der Waals surface area contributed by atoms with Crippen molar-refractivity contribution < 1.29 is 9.36 Å². The molecule has 0 bridgehead atoms. The average molecular weight is 166 g/mol.